The number of quaternary nitrogens is 1. The zero-order valence-electron chi connectivity index (χ0n) is 13.2. The first-order valence-corrected chi connectivity index (χ1v) is 7.94. The topological polar surface area (TPSA) is 40.7 Å². The van der Waals surface area contributed by atoms with Gasteiger partial charge in [-0.1, -0.05) is 48.5 Å². The third-order valence-corrected chi connectivity index (χ3v) is 3.72. The first kappa shape index (κ1) is 16.5. The van der Waals surface area contributed by atoms with Gasteiger partial charge in [-0.15, -0.1) is 0 Å². The van der Waals surface area contributed by atoms with Crippen LogP contribution in [0.2, 0.25) is 0 Å². The van der Waals surface area contributed by atoms with Gasteiger partial charge >= 0.3 is 0 Å². The Hall–Kier alpha value is -1.91. The highest BCUT2D eigenvalue weighted by molar-refractivity contribution is 7.80. The predicted octanol–water partition coefficient (Wildman–Crippen LogP) is 2.52. The van der Waals surface area contributed by atoms with Gasteiger partial charge in [0, 0.05) is 11.3 Å². The van der Waals surface area contributed by atoms with Gasteiger partial charge in [0.25, 0.3) is 0 Å². The lowest BCUT2D eigenvalue weighted by molar-refractivity contribution is -0.733. The van der Waals surface area contributed by atoms with Gasteiger partial charge < -0.3 is 16.0 Å². The Labute approximate surface area is 138 Å². The van der Waals surface area contributed by atoms with Crippen molar-refractivity contribution in [2.45, 2.75) is 25.9 Å². The molecule has 4 N–H and O–H groups in total. The molecule has 0 spiro atoms. The second-order valence-electron chi connectivity index (χ2n) is 6.06. The van der Waals surface area contributed by atoms with E-state index in [9.17, 15) is 0 Å². The first-order valence-electron chi connectivity index (χ1n) is 7.53. The Morgan fingerprint density at radius 2 is 1.59 bits per heavy atom. The Bertz CT molecular complexity index is 582. The van der Waals surface area contributed by atoms with Crippen molar-refractivity contribution in [1.82, 2.24) is 5.32 Å². The van der Waals surface area contributed by atoms with Gasteiger partial charge in [0.15, 0.2) is 5.11 Å². The summed E-state index contributed by atoms with van der Waals surface area (Å²) in [6, 6.07) is 20.5. The van der Waals surface area contributed by atoms with Gasteiger partial charge in [0.1, 0.15) is 12.1 Å². The third kappa shape index (κ3) is 5.84. The number of hydrogen-bond donors (Lipinski definition) is 3. The predicted molar refractivity (Wildman–Crippen MR) is 96.8 cm³/mol. The van der Waals surface area contributed by atoms with Gasteiger partial charge in [-0.05, 0) is 38.2 Å². The van der Waals surface area contributed by atoms with E-state index in [1.54, 1.807) is 0 Å². The summed E-state index contributed by atoms with van der Waals surface area (Å²) in [5.41, 5.74) is 2.41. The Morgan fingerprint density at radius 1 is 1.00 bits per heavy atom. The minimum absolute atomic E-state index is 0.0677. The smallest absolute Gasteiger partial charge is 0.171 e. The molecule has 0 amide bonds. The lowest BCUT2D eigenvalue weighted by atomic mass is 10.1. The van der Waals surface area contributed by atoms with E-state index >= 15 is 0 Å². The summed E-state index contributed by atoms with van der Waals surface area (Å²) in [5.74, 6) is 0. The summed E-state index contributed by atoms with van der Waals surface area (Å²) in [6.45, 7) is 6.20. The minimum atomic E-state index is 0.0677. The highest BCUT2D eigenvalue weighted by Crippen LogP contribution is 2.04. The summed E-state index contributed by atoms with van der Waals surface area (Å²) >= 11 is 5.35. The van der Waals surface area contributed by atoms with Gasteiger partial charge in [-0.3, -0.25) is 0 Å². The maximum Gasteiger partial charge on any atom is 0.171 e. The molecular formula is C18H24N3S+. The molecule has 0 atom stereocenters. The van der Waals surface area contributed by atoms with Crippen LogP contribution in [0, 0.1) is 0 Å². The van der Waals surface area contributed by atoms with Crippen LogP contribution < -0.4 is 16.0 Å². The molecule has 2 aromatic rings. The Balaban J connectivity index is 1.75. The van der Waals surface area contributed by atoms with Crippen molar-refractivity contribution >= 4 is 23.0 Å². The molecule has 3 nitrogen and oxygen atoms in total. The van der Waals surface area contributed by atoms with Gasteiger partial charge in [0.05, 0.1) is 6.54 Å². The molecule has 0 radical (unpaired) electrons. The molecule has 0 aliphatic carbocycles. The lowest BCUT2D eigenvalue weighted by Crippen LogP contribution is -2.95. The van der Waals surface area contributed by atoms with E-state index in [4.69, 9.17) is 12.2 Å². The van der Waals surface area contributed by atoms with Crippen LogP contribution in [0.5, 0.6) is 0 Å². The Morgan fingerprint density at radius 3 is 2.23 bits per heavy atom. The van der Waals surface area contributed by atoms with Gasteiger partial charge in [-0.2, -0.15) is 0 Å². The maximum absolute atomic E-state index is 5.35. The lowest BCUT2D eigenvalue weighted by Gasteiger charge is -2.24. The van der Waals surface area contributed by atoms with E-state index in [1.165, 1.54) is 5.56 Å². The average Bonchev–Trinajstić information content (AvgIpc) is 2.53. The van der Waals surface area contributed by atoms with E-state index in [0.29, 0.717) is 5.11 Å². The summed E-state index contributed by atoms with van der Waals surface area (Å²) in [6.07, 6.45) is 0. The average molecular weight is 314 g/mol. The number of para-hydroxylation sites is 1. The van der Waals surface area contributed by atoms with Crippen LogP contribution in [0.3, 0.4) is 0 Å². The van der Waals surface area contributed by atoms with E-state index in [2.05, 4.69) is 54.1 Å². The number of thiocarbonyl (C=S) groups is 1. The van der Waals surface area contributed by atoms with Gasteiger partial charge in [0.2, 0.25) is 0 Å². The van der Waals surface area contributed by atoms with Crippen molar-refractivity contribution in [3.05, 3.63) is 66.2 Å². The second kappa shape index (κ2) is 7.92. The molecule has 0 fully saturated rings. The molecule has 116 valence electrons. The van der Waals surface area contributed by atoms with Crippen LogP contribution >= 0.6 is 12.2 Å². The fourth-order valence-corrected chi connectivity index (χ4v) is 2.28. The monoisotopic (exact) mass is 314 g/mol. The molecule has 2 rings (SSSR count). The maximum atomic E-state index is 5.35. The summed E-state index contributed by atoms with van der Waals surface area (Å²) in [5, 5.41) is 9.48. The van der Waals surface area contributed by atoms with Crippen molar-refractivity contribution in [1.29, 1.82) is 0 Å². The number of anilines is 1. The van der Waals surface area contributed by atoms with E-state index in [-0.39, 0.29) is 5.54 Å². The SMILES string of the molecule is CC(C)(CNC(=S)Nc1ccccc1)[NH2+]Cc1ccccc1. The second-order valence-corrected chi connectivity index (χ2v) is 6.46. The van der Waals surface area contributed by atoms with Gasteiger partial charge in [-0.25, -0.2) is 0 Å². The fraction of sp³-hybridized carbons (Fsp3) is 0.278. The molecule has 0 aliphatic heterocycles. The van der Waals surface area contributed by atoms with Crippen LogP contribution in [0.15, 0.2) is 60.7 Å². The van der Waals surface area contributed by atoms with Crippen molar-refractivity contribution < 1.29 is 5.32 Å². The number of nitrogens with one attached hydrogen (secondary N) is 2. The zero-order valence-corrected chi connectivity index (χ0v) is 14.0. The summed E-state index contributed by atoms with van der Waals surface area (Å²) in [7, 11) is 0. The number of nitrogens with two attached hydrogens (primary N) is 1. The van der Waals surface area contributed by atoms with Crippen LogP contribution in [0.4, 0.5) is 5.69 Å². The van der Waals surface area contributed by atoms with Crippen molar-refractivity contribution in [3.63, 3.8) is 0 Å². The van der Waals surface area contributed by atoms with Crippen LogP contribution in [-0.4, -0.2) is 17.2 Å². The zero-order chi connectivity index (χ0) is 15.8. The molecule has 0 saturated heterocycles. The van der Waals surface area contributed by atoms with Crippen LogP contribution in [-0.2, 0) is 6.54 Å². The fourth-order valence-electron chi connectivity index (χ4n) is 2.09. The minimum Gasteiger partial charge on any atom is -0.356 e. The molecule has 0 bridgehead atoms. The van der Waals surface area contributed by atoms with Crippen molar-refractivity contribution in [2.24, 2.45) is 0 Å². The highest BCUT2D eigenvalue weighted by Gasteiger charge is 2.21. The molecule has 0 saturated carbocycles. The highest BCUT2D eigenvalue weighted by atomic mass is 32.1. The van der Waals surface area contributed by atoms with Crippen LogP contribution in [0.1, 0.15) is 19.4 Å². The standard InChI is InChI=1S/C18H23N3S/c1-18(2,20-13-15-9-5-3-6-10-15)14-19-17(22)21-16-11-7-4-8-12-16/h3-12,20H,13-14H2,1-2H3,(H2,19,21,22)/p+1. The molecule has 0 unspecified atom stereocenters. The van der Waals surface area contributed by atoms with E-state index < -0.39 is 0 Å². The molecule has 0 aliphatic rings. The number of benzene rings is 2. The molecule has 22 heavy (non-hydrogen) atoms. The van der Waals surface area contributed by atoms with E-state index in [1.807, 2.05) is 36.4 Å². The molecule has 2 aromatic carbocycles. The molecule has 0 aromatic heterocycles. The number of hydrogen-bond acceptors (Lipinski definition) is 1. The largest absolute Gasteiger partial charge is 0.356 e. The van der Waals surface area contributed by atoms with Crippen molar-refractivity contribution in [3.8, 4) is 0 Å². The molecule has 0 heterocycles. The summed E-state index contributed by atoms with van der Waals surface area (Å²) < 4.78 is 0. The summed E-state index contributed by atoms with van der Waals surface area (Å²) in [4.78, 5) is 0. The Kier molecular flexibility index (Phi) is 5.92. The third-order valence-electron chi connectivity index (χ3n) is 3.47. The van der Waals surface area contributed by atoms with E-state index in [0.717, 1.165) is 18.8 Å². The molecular weight excluding hydrogens is 290 g/mol. The normalized spacial score (nSPS) is 11.0. The molecule has 4 heteroatoms. The quantitative estimate of drug-likeness (QED) is 0.718. The number of rotatable bonds is 6. The first-order chi connectivity index (χ1) is 10.6. The van der Waals surface area contributed by atoms with Crippen molar-refractivity contribution in [2.75, 3.05) is 11.9 Å². The van der Waals surface area contributed by atoms with Crippen LogP contribution in [0.25, 0.3) is 0 Å².